The van der Waals surface area contributed by atoms with E-state index in [-0.39, 0.29) is 24.2 Å². The second-order valence-corrected chi connectivity index (χ2v) is 6.49. The molecule has 21 heavy (non-hydrogen) atoms. The van der Waals surface area contributed by atoms with E-state index in [1.807, 2.05) is 13.8 Å². The van der Waals surface area contributed by atoms with Gasteiger partial charge in [-0.3, -0.25) is 9.69 Å². The summed E-state index contributed by atoms with van der Waals surface area (Å²) < 4.78 is 0. The maximum atomic E-state index is 12.1. The van der Waals surface area contributed by atoms with Crippen LogP contribution in [0, 0.1) is 5.92 Å². The minimum atomic E-state index is -0.465. The van der Waals surface area contributed by atoms with Crippen LogP contribution in [0.3, 0.4) is 0 Å². The van der Waals surface area contributed by atoms with Crippen LogP contribution in [0.4, 0.5) is 5.13 Å². The molecule has 0 fully saturated rings. The predicted molar refractivity (Wildman–Crippen MR) is 90.1 cm³/mol. The third kappa shape index (κ3) is 4.39. The van der Waals surface area contributed by atoms with Crippen molar-refractivity contribution in [2.45, 2.75) is 46.2 Å². The summed E-state index contributed by atoms with van der Waals surface area (Å²) in [5, 5.41) is 3.56. The van der Waals surface area contributed by atoms with Crippen LogP contribution >= 0.6 is 23.7 Å². The van der Waals surface area contributed by atoms with E-state index in [2.05, 4.69) is 22.1 Å². The van der Waals surface area contributed by atoms with Crippen molar-refractivity contribution in [2.75, 3.05) is 18.4 Å². The highest BCUT2D eigenvalue weighted by Gasteiger charge is 2.23. The van der Waals surface area contributed by atoms with E-state index in [0.29, 0.717) is 5.13 Å². The quantitative estimate of drug-likeness (QED) is 0.867. The molecule has 0 aromatic carbocycles. The minimum absolute atomic E-state index is 0. The molecular weight excluding hydrogens is 308 g/mol. The van der Waals surface area contributed by atoms with Crippen LogP contribution in [0.2, 0.25) is 0 Å². The average Bonchev–Trinajstić information content (AvgIpc) is 2.86. The van der Waals surface area contributed by atoms with E-state index in [9.17, 15) is 4.79 Å². The predicted octanol–water partition coefficient (Wildman–Crippen LogP) is 2.25. The molecule has 3 N–H and O–H groups in total. The molecule has 0 bridgehead atoms. The molecule has 1 aliphatic rings. The van der Waals surface area contributed by atoms with Gasteiger partial charge in [0.25, 0.3) is 0 Å². The second kappa shape index (κ2) is 8.08. The number of likely N-dealkylation sites (N-methyl/N-ethyl adjacent to an activating group) is 1. The number of carbonyl (C=O) groups excluding carboxylic acids is 1. The molecule has 1 aromatic rings. The lowest BCUT2D eigenvalue weighted by atomic mass is 10.00. The Balaban J connectivity index is 0.00000220. The van der Waals surface area contributed by atoms with E-state index in [1.165, 1.54) is 4.88 Å². The van der Waals surface area contributed by atoms with E-state index in [0.717, 1.165) is 38.2 Å². The molecule has 0 radical (unpaired) electrons. The molecule has 1 aromatic heterocycles. The van der Waals surface area contributed by atoms with Crippen molar-refractivity contribution in [3.05, 3.63) is 10.6 Å². The number of carbonyl (C=O) groups is 1. The lowest BCUT2D eigenvalue weighted by Crippen LogP contribution is -2.40. The number of nitrogens with one attached hydrogen (secondary N) is 1. The van der Waals surface area contributed by atoms with Gasteiger partial charge in [-0.25, -0.2) is 4.98 Å². The van der Waals surface area contributed by atoms with Gasteiger partial charge in [0.2, 0.25) is 5.91 Å². The van der Waals surface area contributed by atoms with Gasteiger partial charge in [0.15, 0.2) is 5.13 Å². The molecule has 2 unspecified atom stereocenters. The largest absolute Gasteiger partial charge is 0.320 e. The number of aromatic nitrogens is 1. The molecule has 7 heteroatoms. The standard InChI is InChI=1S/C14H24N4OS.ClH/c1-4-9(3)12(15)13(19)17-14-16-10-6-7-18(5-2)8-11(10)20-14;/h9,12H,4-8,15H2,1-3H3,(H,16,17,19);1H. The molecule has 5 nitrogen and oxygen atoms in total. The van der Waals surface area contributed by atoms with Gasteiger partial charge >= 0.3 is 0 Å². The molecule has 0 saturated heterocycles. The monoisotopic (exact) mass is 332 g/mol. The number of amides is 1. The highest BCUT2D eigenvalue weighted by Crippen LogP contribution is 2.28. The minimum Gasteiger partial charge on any atom is -0.320 e. The number of hydrogen-bond donors (Lipinski definition) is 2. The van der Waals surface area contributed by atoms with Crippen molar-refractivity contribution in [1.82, 2.24) is 9.88 Å². The van der Waals surface area contributed by atoms with Crippen LogP contribution in [0.15, 0.2) is 0 Å². The molecular formula is C14H25ClN4OS. The van der Waals surface area contributed by atoms with Crippen LogP contribution in [0.5, 0.6) is 0 Å². The molecule has 0 saturated carbocycles. The van der Waals surface area contributed by atoms with Crippen molar-refractivity contribution in [3.63, 3.8) is 0 Å². The first-order valence-electron chi connectivity index (χ1n) is 7.32. The van der Waals surface area contributed by atoms with Crippen molar-refractivity contribution < 1.29 is 4.79 Å². The molecule has 1 aliphatic heterocycles. The number of halogens is 1. The van der Waals surface area contributed by atoms with Gasteiger partial charge in [0.05, 0.1) is 11.7 Å². The molecule has 2 rings (SSSR count). The zero-order valence-corrected chi connectivity index (χ0v) is 14.5. The summed E-state index contributed by atoms with van der Waals surface area (Å²) >= 11 is 1.58. The maximum Gasteiger partial charge on any atom is 0.243 e. The van der Waals surface area contributed by atoms with Crippen molar-refractivity contribution in [1.29, 1.82) is 0 Å². The summed E-state index contributed by atoms with van der Waals surface area (Å²) in [6.07, 6.45) is 1.86. The summed E-state index contributed by atoms with van der Waals surface area (Å²) in [7, 11) is 0. The van der Waals surface area contributed by atoms with Crippen molar-refractivity contribution >= 4 is 34.8 Å². The van der Waals surface area contributed by atoms with Crippen LogP contribution in [-0.4, -0.2) is 34.9 Å². The number of thiazole rings is 1. The van der Waals surface area contributed by atoms with E-state index in [1.54, 1.807) is 11.3 Å². The zero-order chi connectivity index (χ0) is 14.7. The maximum absolute atomic E-state index is 12.1. The smallest absolute Gasteiger partial charge is 0.243 e. The number of nitrogens with two attached hydrogens (primary N) is 1. The Hall–Kier alpha value is -0.690. The van der Waals surface area contributed by atoms with E-state index in [4.69, 9.17) is 5.73 Å². The first-order valence-corrected chi connectivity index (χ1v) is 8.14. The van der Waals surface area contributed by atoms with Gasteiger partial charge in [-0.2, -0.15) is 0 Å². The molecule has 0 spiro atoms. The number of hydrogen-bond acceptors (Lipinski definition) is 5. The Bertz CT molecular complexity index is 480. The fraction of sp³-hybridized carbons (Fsp3) is 0.714. The van der Waals surface area contributed by atoms with Crippen molar-refractivity contribution in [2.24, 2.45) is 11.7 Å². The van der Waals surface area contributed by atoms with Crippen molar-refractivity contribution in [3.8, 4) is 0 Å². The molecule has 2 heterocycles. The third-order valence-corrected chi connectivity index (χ3v) is 5.05. The Kier molecular flexibility index (Phi) is 7.06. The van der Waals surface area contributed by atoms with E-state index >= 15 is 0 Å². The molecule has 0 aliphatic carbocycles. The molecule has 2 atom stereocenters. The Labute approximate surface area is 136 Å². The SMILES string of the molecule is CCC(C)C(N)C(=O)Nc1nc2c(s1)CN(CC)CC2.Cl. The third-order valence-electron chi connectivity index (χ3n) is 4.05. The van der Waals surface area contributed by atoms with E-state index < -0.39 is 6.04 Å². The lowest BCUT2D eigenvalue weighted by Gasteiger charge is -2.23. The Morgan fingerprint density at radius 3 is 2.86 bits per heavy atom. The summed E-state index contributed by atoms with van der Waals surface area (Å²) in [5.41, 5.74) is 7.07. The normalized spacial score (nSPS) is 17.5. The van der Waals surface area contributed by atoms with Gasteiger partial charge in [0, 0.05) is 24.4 Å². The molecule has 1 amide bonds. The van der Waals surface area contributed by atoms with Gasteiger partial charge in [-0.15, -0.1) is 23.7 Å². The summed E-state index contributed by atoms with van der Waals surface area (Å²) in [5.74, 6) is 0.0537. The van der Waals surface area contributed by atoms with Crippen LogP contribution in [-0.2, 0) is 17.8 Å². The summed E-state index contributed by atoms with van der Waals surface area (Å²) in [6.45, 7) is 9.25. The highest BCUT2D eigenvalue weighted by molar-refractivity contribution is 7.15. The Morgan fingerprint density at radius 1 is 1.52 bits per heavy atom. The summed E-state index contributed by atoms with van der Waals surface area (Å²) in [4.78, 5) is 20.3. The van der Waals surface area contributed by atoms with Crippen LogP contribution in [0.1, 0.15) is 37.8 Å². The fourth-order valence-electron chi connectivity index (χ4n) is 2.27. The second-order valence-electron chi connectivity index (χ2n) is 5.41. The lowest BCUT2D eigenvalue weighted by molar-refractivity contribution is -0.118. The average molecular weight is 333 g/mol. The number of fused-ring (bicyclic) bond motifs is 1. The summed E-state index contributed by atoms with van der Waals surface area (Å²) in [6, 6.07) is -0.465. The van der Waals surface area contributed by atoms with Gasteiger partial charge in [-0.1, -0.05) is 27.2 Å². The van der Waals surface area contributed by atoms with Gasteiger partial charge < -0.3 is 11.1 Å². The number of rotatable bonds is 5. The number of nitrogens with zero attached hydrogens (tertiary/aromatic N) is 2. The highest BCUT2D eigenvalue weighted by atomic mass is 35.5. The van der Waals surface area contributed by atoms with Gasteiger partial charge in [-0.05, 0) is 12.5 Å². The Morgan fingerprint density at radius 2 is 2.24 bits per heavy atom. The van der Waals surface area contributed by atoms with Crippen LogP contribution < -0.4 is 11.1 Å². The fourth-order valence-corrected chi connectivity index (χ4v) is 3.33. The molecule has 120 valence electrons. The zero-order valence-electron chi connectivity index (χ0n) is 12.9. The van der Waals surface area contributed by atoms with Crippen LogP contribution in [0.25, 0.3) is 0 Å². The number of anilines is 1. The van der Waals surface area contributed by atoms with Gasteiger partial charge in [0.1, 0.15) is 0 Å². The topological polar surface area (TPSA) is 71.2 Å². The first-order chi connectivity index (χ1) is 9.55. The first kappa shape index (κ1) is 18.4.